The molecule has 3 N–H and O–H groups in total. The van der Waals surface area contributed by atoms with Crippen LogP contribution in [0.5, 0.6) is 11.5 Å². The number of benzene rings is 1. The molecular formula is C15H22N2O4. The van der Waals surface area contributed by atoms with Crippen molar-refractivity contribution in [2.45, 2.75) is 25.8 Å². The van der Waals surface area contributed by atoms with E-state index >= 15 is 0 Å². The fourth-order valence-electron chi connectivity index (χ4n) is 2.32. The number of amides is 1. The number of rotatable bonds is 5. The maximum absolute atomic E-state index is 12.3. The van der Waals surface area contributed by atoms with Crippen LogP contribution in [0.2, 0.25) is 0 Å². The predicted octanol–water partition coefficient (Wildman–Crippen LogP) is 1.58. The summed E-state index contributed by atoms with van der Waals surface area (Å²) in [4.78, 5) is 12.3. The lowest BCUT2D eigenvalue weighted by Gasteiger charge is -2.23. The number of ether oxygens (including phenoxy) is 3. The van der Waals surface area contributed by atoms with Crippen LogP contribution in [0.15, 0.2) is 12.1 Å². The summed E-state index contributed by atoms with van der Waals surface area (Å²) in [5.74, 6) is 0.817. The molecule has 1 atom stereocenters. The van der Waals surface area contributed by atoms with Gasteiger partial charge in [-0.2, -0.15) is 0 Å². The minimum atomic E-state index is -0.216. The summed E-state index contributed by atoms with van der Waals surface area (Å²) >= 11 is 0. The molecule has 0 unspecified atom stereocenters. The predicted molar refractivity (Wildman–Crippen MR) is 79.9 cm³/mol. The molecule has 6 nitrogen and oxygen atoms in total. The first-order valence-corrected chi connectivity index (χ1v) is 7.14. The van der Waals surface area contributed by atoms with Gasteiger partial charge in [0.05, 0.1) is 31.9 Å². The number of nitrogens with two attached hydrogens (primary N) is 1. The molecule has 6 heteroatoms. The molecular weight excluding hydrogens is 272 g/mol. The van der Waals surface area contributed by atoms with Crippen molar-refractivity contribution in [1.82, 2.24) is 5.32 Å². The maximum atomic E-state index is 12.3. The van der Waals surface area contributed by atoms with Gasteiger partial charge >= 0.3 is 0 Å². The zero-order valence-electron chi connectivity index (χ0n) is 12.5. The quantitative estimate of drug-likeness (QED) is 0.806. The maximum Gasteiger partial charge on any atom is 0.253 e. The number of hydrogen-bond donors (Lipinski definition) is 2. The Balaban J connectivity index is 2.17. The number of hydrogen-bond acceptors (Lipinski definition) is 5. The van der Waals surface area contributed by atoms with Crippen molar-refractivity contribution < 1.29 is 19.0 Å². The van der Waals surface area contributed by atoms with Crippen molar-refractivity contribution in [2.75, 3.05) is 32.7 Å². The first-order chi connectivity index (χ1) is 10.2. The molecule has 0 aromatic heterocycles. The van der Waals surface area contributed by atoms with E-state index in [-0.39, 0.29) is 11.9 Å². The van der Waals surface area contributed by atoms with Crippen molar-refractivity contribution >= 4 is 11.6 Å². The van der Waals surface area contributed by atoms with Crippen LogP contribution in [0, 0.1) is 0 Å². The van der Waals surface area contributed by atoms with Gasteiger partial charge in [-0.15, -0.1) is 0 Å². The summed E-state index contributed by atoms with van der Waals surface area (Å²) < 4.78 is 16.0. The molecule has 2 rings (SSSR count). The molecule has 1 aromatic carbocycles. The van der Waals surface area contributed by atoms with Crippen LogP contribution in [-0.2, 0) is 4.74 Å². The van der Waals surface area contributed by atoms with Crippen LogP contribution in [0.25, 0.3) is 0 Å². The molecule has 116 valence electrons. The molecule has 0 bridgehead atoms. The normalized spacial score (nSPS) is 18.1. The Morgan fingerprint density at radius 1 is 1.48 bits per heavy atom. The Hall–Kier alpha value is -1.95. The topological polar surface area (TPSA) is 82.8 Å². The highest BCUT2D eigenvalue weighted by Crippen LogP contribution is 2.32. The molecule has 0 spiro atoms. The molecule has 0 aliphatic carbocycles. The van der Waals surface area contributed by atoms with Gasteiger partial charge in [-0.25, -0.2) is 0 Å². The minimum absolute atomic E-state index is 0.0308. The summed E-state index contributed by atoms with van der Waals surface area (Å²) in [5.41, 5.74) is 6.70. The summed E-state index contributed by atoms with van der Waals surface area (Å²) in [7, 11) is 1.54. The summed E-state index contributed by atoms with van der Waals surface area (Å²) in [6.45, 7) is 3.65. The van der Waals surface area contributed by atoms with Crippen LogP contribution in [0.1, 0.15) is 30.1 Å². The molecule has 1 amide bonds. The molecule has 0 saturated carbocycles. The van der Waals surface area contributed by atoms with Gasteiger partial charge in [0.15, 0.2) is 11.5 Å². The fraction of sp³-hybridized carbons (Fsp3) is 0.533. The largest absolute Gasteiger partial charge is 0.493 e. The average Bonchev–Trinajstić information content (AvgIpc) is 2.49. The van der Waals surface area contributed by atoms with Gasteiger partial charge in [0, 0.05) is 18.4 Å². The second-order valence-corrected chi connectivity index (χ2v) is 4.91. The molecule has 1 aliphatic heterocycles. The number of nitrogens with one attached hydrogen (secondary N) is 1. The van der Waals surface area contributed by atoms with E-state index in [0.29, 0.717) is 36.0 Å². The number of anilines is 1. The van der Waals surface area contributed by atoms with Crippen LogP contribution in [-0.4, -0.2) is 38.9 Å². The van der Waals surface area contributed by atoms with E-state index in [1.165, 1.54) is 7.11 Å². The van der Waals surface area contributed by atoms with E-state index in [9.17, 15) is 4.79 Å². The summed E-state index contributed by atoms with van der Waals surface area (Å²) in [5, 5.41) is 2.94. The monoisotopic (exact) mass is 294 g/mol. The molecule has 1 aromatic rings. The molecule has 21 heavy (non-hydrogen) atoms. The van der Waals surface area contributed by atoms with Crippen molar-refractivity contribution in [3.05, 3.63) is 17.7 Å². The van der Waals surface area contributed by atoms with Gasteiger partial charge in [-0.1, -0.05) is 0 Å². The summed E-state index contributed by atoms with van der Waals surface area (Å²) in [6.07, 6.45) is 1.87. The van der Waals surface area contributed by atoms with Gasteiger partial charge in [0.1, 0.15) is 0 Å². The lowest BCUT2D eigenvalue weighted by atomic mass is 10.1. The summed E-state index contributed by atoms with van der Waals surface area (Å²) in [6, 6.07) is 3.26. The van der Waals surface area contributed by atoms with E-state index in [1.807, 2.05) is 6.92 Å². The lowest BCUT2D eigenvalue weighted by molar-refractivity contribution is 0.0624. The average molecular weight is 294 g/mol. The Bertz CT molecular complexity index is 499. The number of nitrogen functional groups attached to an aromatic ring is 1. The number of carbonyl (C=O) groups is 1. The van der Waals surface area contributed by atoms with Gasteiger partial charge in [0.25, 0.3) is 5.91 Å². The van der Waals surface area contributed by atoms with E-state index < -0.39 is 0 Å². The van der Waals surface area contributed by atoms with Crippen LogP contribution < -0.4 is 20.5 Å². The Morgan fingerprint density at radius 2 is 2.29 bits per heavy atom. The smallest absolute Gasteiger partial charge is 0.253 e. The lowest BCUT2D eigenvalue weighted by Crippen LogP contribution is -2.40. The van der Waals surface area contributed by atoms with Crippen LogP contribution in [0.4, 0.5) is 5.69 Å². The van der Waals surface area contributed by atoms with Crippen molar-refractivity contribution in [3.63, 3.8) is 0 Å². The van der Waals surface area contributed by atoms with Crippen LogP contribution in [0.3, 0.4) is 0 Å². The second kappa shape index (κ2) is 7.17. The van der Waals surface area contributed by atoms with Gasteiger partial charge in [0.2, 0.25) is 0 Å². The first kappa shape index (κ1) is 15.4. The highest BCUT2D eigenvalue weighted by Gasteiger charge is 2.20. The zero-order valence-corrected chi connectivity index (χ0v) is 12.5. The highest BCUT2D eigenvalue weighted by molar-refractivity contribution is 6.00. The zero-order chi connectivity index (χ0) is 15.2. The third kappa shape index (κ3) is 3.78. The minimum Gasteiger partial charge on any atom is -0.493 e. The van der Waals surface area contributed by atoms with Crippen molar-refractivity contribution in [3.8, 4) is 11.5 Å². The molecule has 1 saturated heterocycles. The second-order valence-electron chi connectivity index (χ2n) is 4.91. The first-order valence-electron chi connectivity index (χ1n) is 7.14. The van der Waals surface area contributed by atoms with E-state index in [0.717, 1.165) is 19.4 Å². The van der Waals surface area contributed by atoms with Gasteiger partial charge in [-0.05, 0) is 25.8 Å². The van der Waals surface area contributed by atoms with E-state index in [4.69, 9.17) is 19.9 Å². The van der Waals surface area contributed by atoms with E-state index in [1.54, 1.807) is 12.1 Å². The fourth-order valence-corrected chi connectivity index (χ4v) is 2.32. The Morgan fingerprint density at radius 3 is 2.90 bits per heavy atom. The third-order valence-electron chi connectivity index (χ3n) is 3.38. The van der Waals surface area contributed by atoms with Crippen molar-refractivity contribution in [2.24, 2.45) is 0 Å². The van der Waals surface area contributed by atoms with Gasteiger partial charge < -0.3 is 25.3 Å². The number of methoxy groups -OCH3 is 1. The molecule has 1 fully saturated rings. The Kier molecular flexibility index (Phi) is 5.27. The molecule has 0 radical (unpaired) electrons. The molecule has 1 aliphatic rings. The third-order valence-corrected chi connectivity index (χ3v) is 3.38. The van der Waals surface area contributed by atoms with Gasteiger partial charge in [-0.3, -0.25) is 4.79 Å². The number of carbonyl (C=O) groups excluding carboxylic acids is 1. The Labute approximate surface area is 124 Å². The standard InChI is InChI=1S/C15H22N2O4/c1-3-21-14-7-11(12(16)8-13(14)19-2)15(18)17-10-5-4-6-20-9-10/h7-8,10H,3-6,9,16H2,1-2H3,(H,17,18)/t10-/m1/s1. The van der Waals surface area contributed by atoms with Crippen molar-refractivity contribution in [1.29, 1.82) is 0 Å². The van der Waals surface area contributed by atoms with E-state index in [2.05, 4.69) is 5.32 Å². The SMILES string of the molecule is CCOc1cc(C(=O)N[C@@H]2CCCOC2)c(N)cc1OC. The molecule has 1 heterocycles. The van der Waals surface area contributed by atoms with Crippen LogP contribution >= 0.6 is 0 Å². The highest BCUT2D eigenvalue weighted by atomic mass is 16.5.